The summed E-state index contributed by atoms with van der Waals surface area (Å²) < 4.78 is 7.26. The zero-order valence-corrected chi connectivity index (χ0v) is 18.3. The quantitative estimate of drug-likeness (QED) is 0.773. The monoisotopic (exact) mass is 406 g/mol. The lowest BCUT2D eigenvalue weighted by atomic mass is 10.1. The number of hydrogen-bond donors (Lipinski definition) is 1. The van der Waals surface area contributed by atoms with Crippen molar-refractivity contribution in [2.24, 2.45) is 0 Å². The van der Waals surface area contributed by atoms with Crippen LogP contribution < -0.4 is 5.32 Å². The highest BCUT2D eigenvalue weighted by Crippen LogP contribution is 2.24. The normalized spacial score (nSPS) is 16.0. The molecule has 0 unspecified atom stereocenters. The highest BCUT2D eigenvalue weighted by Gasteiger charge is 2.27. The van der Waals surface area contributed by atoms with Gasteiger partial charge in [0.1, 0.15) is 5.60 Å². The number of nitrogens with one attached hydrogen (secondary N) is 1. The number of ether oxygens (including phenoxy) is 1. The van der Waals surface area contributed by atoms with Crippen LogP contribution in [0.2, 0.25) is 0 Å². The SMILES string of the molecule is CSc1nc(NC2CCN(C(=O)OC(C)(C)C)CC2)n2ncc(C(C)C)c2n1. The van der Waals surface area contributed by atoms with E-state index in [9.17, 15) is 4.79 Å². The molecule has 1 amide bonds. The average Bonchev–Trinajstić information content (AvgIpc) is 3.05. The largest absolute Gasteiger partial charge is 0.444 e. The van der Waals surface area contributed by atoms with E-state index >= 15 is 0 Å². The van der Waals surface area contributed by atoms with Gasteiger partial charge in [-0.25, -0.2) is 9.78 Å². The number of carbonyl (C=O) groups is 1. The van der Waals surface area contributed by atoms with Gasteiger partial charge in [0.05, 0.1) is 6.20 Å². The van der Waals surface area contributed by atoms with Crippen LogP contribution in [-0.2, 0) is 4.74 Å². The molecule has 2 aromatic rings. The second-order valence-corrected chi connectivity index (χ2v) is 9.18. The van der Waals surface area contributed by atoms with Crippen molar-refractivity contribution in [1.82, 2.24) is 24.5 Å². The number of nitrogens with zero attached hydrogens (tertiary/aromatic N) is 5. The molecule has 1 aliphatic heterocycles. The third-order valence-electron chi connectivity index (χ3n) is 4.66. The molecule has 8 nitrogen and oxygen atoms in total. The van der Waals surface area contributed by atoms with Crippen molar-refractivity contribution in [3.63, 3.8) is 0 Å². The first-order chi connectivity index (χ1) is 13.2. The van der Waals surface area contributed by atoms with Gasteiger partial charge in [-0.2, -0.15) is 14.6 Å². The van der Waals surface area contributed by atoms with E-state index in [1.165, 1.54) is 11.8 Å². The molecule has 9 heteroatoms. The lowest BCUT2D eigenvalue weighted by Gasteiger charge is -2.33. The summed E-state index contributed by atoms with van der Waals surface area (Å²) >= 11 is 1.52. The Morgan fingerprint density at radius 3 is 2.54 bits per heavy atom. The van der Waals surface area contributed by atoms with Crippen molar-refractivity contribution in [2.75, 3.05) is 24.7 Å². The van der Waals surface area contributed by atoms with Crippen LogP contribution in [0.15, 0.2) is 11.4 Å². The highest BCUT2D eigenvalue weighted by atomic mass is 32.2. The molecule has 1 saturated heterocycles. The zero-order valence-electron chi connectivity index (χ0n) is 17.5. The minimum atomic E-state index is -0.471. The number of carbonyl (C=O) groups excluding carboxylic acids is 1. The first kappa shape index (κ1) is 20.7. The summed E-state index contributed by atoms with van der Waals surface area (Å²) in [6, 6.07) is 0.221. The fraction of sp³-hybridized carbons (Fsp3) is 0.684. The number of likely N-dealkylation sites (tertiary alicyclic amines) is 1. The molecule has 0 saturated carbocycles. The van der Waals surface area contributed by atoms with Crippen molar-refractivity contribution < 1.29 is 9.53 Å². The van der Waals surface area contributed by atoms with E-state index in [0.29, 0.717) is 25.0 Å². The number of aromatic nitrogens is 4. The maximum atomic E-state index is 12.2. The minimum absolute atomic E-state index is 0.221. The predicted molar refractivity (Wildman–Crippen MR) is 111 cm³/mol. The second kappa shape index (κ2) is 8.14. The van der Waals surface area contributed by atoms with Crippen LogP contribution in [0.25, 0.3) is 5.65 Å². The summed E-state index contributed by atoms with van der Waals surface area (Å²) in [7, 11) is 0. The number of piperidine rings is 1. The number of amides is 1. The fourth-order valence-corrected chi connectivity index (χ4v) is 3.54. The van der Waals surface area contributed by atoms with Crippen molar-refractivity contribution in [3.8, 4) is 0 Å². The third-order valence-corrected chi connectivity index (χ3v) is 5.21. The molecule has 0 aromatic carbocycles. The first-order valence-corrected chi connectivity index (χ1v) is 10.9. The van der Waals surface area contributed by atoms with Gasteiger partial charge >= 0.3 is 6.09 Å². The van der Waals surface area contributed by atoms with Gasteiger partial charge in [-0.3, -0.25) is 0 Å². The summed E-state index contributed by atoms with van der Waals surface area (Å²) in [6.45, 7) is 11.3. The van der Waals surface area contributed by atoms with Gasteiger partial charge in [0.15, 0.2) is 10.8 Å². The Kier molecular flexibility index (Phi) is 6.02. The van der Waals surface area contributed by atoms with Gasteiger partial charge in [-0.15, -0.1) is 0 Å². The fourth-order valence-electron chi connectivity index (χ4n) is 3.18. The molecule has 0 aliphatic carbocycles. The van der Waals surface area contributed by atoms with E-state index in [-0.39, 0.29) is 12.1 Å². The van der Waals surface area contributed by atoms with Crippen molar-refractivity contribution in [2.45, 2.75) is 70.2 Å². The Hall–Kier alpha value is -2.03. The van der Waals surface area contributed by atoms with Gasteiger partial charge < -0.3 is 15.0 Å². The summed E-state index contributed by atoms with van der Waals surface area (Å²) in [6.07, 6.45) is 5.26. The molecule has 154 valence electrons. The Morgan fingerprint density at radius 1 is 1.29 bits per heavy atom. The Morgan fingerprint density at radius 2 is 1.96 bits per heavy atom. The standard InChI is InChI=1S/C19H30N6O2S/c1-12(2)14-11-20-25-15(14)22-17(28-6)23-16(25)21-13-7-9-24(10-8-13)18(26)27-19(3,4)5/h11-13H,7-10H2,1-6H3,(H,21,22,23). The van der Waals surface area contributed by atoms with Crippen molar-refractivity contribution in [1.29, 1.82) is 0 Å². The molecule has 0 spiro atoms. The summed E-state index contributed by atoms with van der Waals surface area (Å²) in [4.78, 5) is 23.3. The van der Waals surface area contributed by atoms with Gasteiger partial charge in [-0.1, -0.05) is 25.6 Å². The second-order valence-electron chi connectivity index (χ2n) is 8.41. The van der Waals surface area contributed by atoms with Crippen LogP contribution in [0.4, 0.5) is 10.7 Å². The molecular formula is C19H30N6O2S. The van der Waals surface area contributed by atoms with Crippen molar-refractivity contribution in [3.05, 3.63) is 11.8 Å². The van der Waals surface area contributed by atoms with Crippen LogP contribution in [0.5, 0.6) is 0 Å². The molecule has 1 N–H and O–H groups in total. The smallest absolute Gasteiger partial charge is 0.410 e. The molecule has 3 heterocycles. The minimum Gasteiger partial charge on any atom is -0.444 e. The van der Waals surface area contributed by atoms with E-state index in [1.54, 1.807) is 9.42 Å². The first-order valence-electron chi connectivity index (χ1n) is 9.72. The Bertz CT molecular complexity index is 837. The van der Waals surface area contributed by atoms with E-state index in [4.69, 9.17) is 4.74 Å². The molecule has 0 atom stereocenters. The molecule has 1 aliphatic rings. The molecular weight excluding hydrogens is 376 g/mol. The summed E-state index contributed by atoms with van der Waals surface area (Å²) in [5.41, 5.74) is 1.49. The maximum Gasteiger partial charge on any atom is 0.410 e. The summed E-state index contributed by atoms with van der Waals surface area (Å²) in [5.74, 6) is 1.05. The number of thioether (sulfide) groups is 1. The number of hydrogen-bond acceptors (Lipinski definition) is 7. The van der Waals surface area contributed by atoms with E-state index in [1.807, 2.05) is 33.2 Å². The molecule has 0 radical (unpaired) electrons. The maximum absolute atomic E-state index is 12.2. The number of anilines is 1. The van der Waals surface area contributed by atoms with E-state index in [0.717, 1.165) is 29.2 Å². The molecule has 3 rings (SSSR count). The zero-order chi connectivity index (χ0) is 20.5. The van der Waals surface area contributed by atoms with Gasteiger partial charge in [0.25, 0.3) is 0 Å². The summed E-state index contributed by atoms with van der Waals surface area (Å²) in [5, 5.41) is 8.74. The molecule has 28 heavy (non-hydrogen) atoms. The van der Waals surface area contributed by atoms with Crippen LogP contribution in [0, 0.1) is 0 Å². The van der Waals surface area contributed by atoms with Gasteiger partial charge in [-0.05, 0) is 45.8 Å². The van der Waals surface area contributed by atoms with Crippen LogP contribution in [-0.4, -0.2) is 61.6 Å². The van der Waals surface area contributed by atoms with Crippen LogP contribution >= 0.6 is 11.8 Å². The molecule has 0 bridgehead atoms. The topological polar surface area (TPSA) is 84.7 Å². The van der Waals surface area contributed by atoms with Gasteiger partial charge in [0.2, 0.25) is 5.95 Å². The molecule has 1 fully saturated rings. The van der Waals surface area contributed by atoms with Crippen LogP contribution in [0.3, 0.4) is 0 Å². The van der Waals surface area contributed by atoms with Crippen molar-refractivity contribution >= 4 is 29.5 Å². The van der Waals surface area contributed by atoms with E-state index < -0.39 is 5.60 Å². The Labute approximate surface area is 170 Å². The van der Waals surface area contributed by atoms with Gasteiger partial charge in [0, 0.05) is 24.7 Å². The number of rotatable bonds is 4. The average molecular weight is 407 g/mol. The molecule has 2 aromatic heterocycles. The predicted octanol–water partition coefficient (Wildman–Crippen LogP) is 3.78. The Balaban J connectivity index is 1.71. The van der Waals surface area contributed by atoms with E-state index in [2.05, 4.69) is 34.2 Å². The lowest BCUT2D eigenvalue weighted by Crippen LogP contribution is -2.44. The third kappa shape index (κ3) is 4.68. The van der Waals surface area contributed by atoms with Crippen LogP contribution in [0.1, 0.15) is 58.9 Å². The number of fused-ring (bicyclic) bond motifs is 1. The highest BCUT2D eigenvalue weighted by molar-refractivity contribution is 7.98. The lowest BCUT2D eigenvalue weighted by molar-refractivity contribution is 0.0210.